The molecule has 0 aliphatic carbocycles. The Balaban J connectivity index is 2.68. The van der Waals surface area contributed by atoms with E-state index in [1.807, 2.05) is 0 Å². The van der Waals surface area contributed by atoms with E-state index in [4.69, 9.17) is 0 Å². The molecule has 0 aromatic carbocycles. The van der Waals surface area contributed by atoms with Gasteiger partial charge in [-0.15, -0.1) is 0 Å². The average Bonchev–Trinajstić information content (AvgIpc) is 2.85. The van der Waals surface area contributed by atoms with E-state index < -0.39 is 23.9 Å². The smallest absolute Gasteiger partial charge is 0.328 e. The van der Waals surface area contributed by atoms with Gasteiger partial charge in [0.2, 0.25) is 0 Å². The maximum Gasteiger partial charge on any atom is 0.328 e. The van der Waals surface area contributed by atoms with Crippen molar-refractivity contribution in [2.24, 2.45) is 0 Å². The molecule has 1 rings (SSSR count). The van der Waals surface area contributed by atoms with Crippen LogP contribution in [-0.2, 0) is 23.9 Å². The van der Waals surface area contributed by atoms with Crippen molar-refractivity contribution in [3.05, 3.63) is 12.2 Å². The van der Waals surface area contributed by atoms with Crippen molar-refractivity contribution in [2.75, 3.05) is 20.8 Å². The van der Waals surface area contributed by atoms with Crippen molar-refractivity contribution in [3.63, 3.8) is 0 Å². The summed E-state index contributed by atoms with van der Waals surface area (Å²) < 4.78 is 9.11. The van der Waals surface area contributed by atoms with Gasteiger partial charge in [0.25, 0.3) is 5.91 Å². The van der Waals surface area contributed by atoms with E-state index in [9.17, 15) is 14.4 Å². The van der Waals surface area contributed by atoms with Crippen LogP contribution < -0.4 is 0 Å². The summed E-state index contributed by atoms with van der Waals surface area (Å²) in [5.74, 6) is -1.36. The minimum absolute atomic E-state index is 0.123. The lowest BCUT2D eigenvalue weighted by Crippen LogP contribution is -2.41. The second-order valence-corrected chi connectivity index (χ2v) is 4.04. The molecule has 0 radical (unpaired) electrons. The van der Waals surface area contributed by atoms with Crippen LogP contribution in [-0.4, -0.2) is 49.6 Å². The third kappa shape index (κ3) is 3.09. The number of hydrogen-bond donors (Lipinski definition) is 0. The molecular formula is C12H17NO5. The molecule has 100 valence electrons. The zero-order chi connectivity index (χ0) is 13.7. The van der Waals surface area contributed by atoms with Crippen molar-refractivity contribution in [3.8, 4) is 0 Å². The van der Waals surface area contributed by atoms with Crippen LogP contribution in [0.2, 0.25) is 0 Å². The van der Waals surface area contributed by atoms with Gasteiger partial charge in [0.05, 0.1) is 20.6 Å². The van der Waals surface area contributed by atoms with Crippen LogP contribution in [0.4, 0.5) is 0 Å². The van der Waals surface area contributed by atoms with Crippen molar-refractivity contribution in [1.29, 1.82) is 0 Å². The highest BCUT2D eigenvalue weighted by Crippen LogP contribution is 2.21. The van der Waals surface area contributed by atoms with E-state index in [0.717, 1.165) is 6.42 Å². The molecule has 1 saturated heterocycles. The predicted molar refractivity (Wildman–Crippen MR) is 62.5 cm³/mol. The summed E-state index contributed by atoms with van der Waals surface area (Å²) in [5.41, 5.74) is 0.123. The quantitative estimate of drug-likeness (QED) is 0.532. The van der Waals surface area contributed by atoms with E-state index in [2.05, 4.69) is 16.1 Å². The largest absolute Gasteiger partial charge is 0.469 e. The number of nitrogens with zero attached hydrogens (tertiary/aromatic N) is 1. The first-order valence-corrected chi connectivity index (χ1v) is 5.64. The van der Waals surface area contributed by atoms with Crippen LogP contribution in [0, 0.1) is 0 Å². The summed E-state index contributed by atoms with van der Waals surface area (Å²) in [6, 6.07) is -0.572. The molecule has 18 heavy (non-hydrogen) atoms. The molecule has 1 aliphatic heterocycles. The van der Waals surface area contributed by atoms with Crippen molar-refractivity contribution < 1.29 is 23.9 Å². The topological polar surface area (TPSA) is 72.9 Å². The predicted octanol–water partition coefficient (Wildman–Crippen LogP) is 0.270. The Kier molecular flexibility index (Phi) is 4.88. The van der Waals surface area contributed by atoms with E-state index in [0.29, 0.717) is 13.0 Å². The molecule has 1 heterocycles. The number of carbonyl (C=O) groups excluding carboxylic acids is 3. The Morgan fingerprint density at radius 3 is 2.50 bits per heavy atom. The highest BCUT2D eigenvalue weighted by Gasteiger charge is 2.35. The Morgan fingerprint density at radius 2 is 1.94 bits per heavy atom. The van der Waals surface area contributed by atoms with Gasteiger partial charge < -0.3 is 14.4 Å². The second-order valence-electron chi connectivity index (χ2n) is 4.04. The van der Waals surface area contributed by atoms with Gasteiger partial charge in [-0.2, -0.15) is 0 Å². The molecule has 0 spiro atoms. The van der Waals surface area contributed by atoms with Crippen LogP contribution in [0.3, 0.4) is 0 Å². The standard InChI is InChI=1S/C12H17NO5/c1-8(7-10(14)17-2)11(15)13-6-4-5-9(13)12(16)18-3/h9H,1,4-7H2,2-3H3/t9-/m0/s1. The first-order chi connectivity index (χ1) is 8.51. The number of ether oxygens (including phenoxy) is 2. The molecule has 0 N–H and O–H groups in total. The summed E-state index contributed by atoms with van der Waals surface area (Å²) in [6.45, 7) is 4.03. The minimum Gasteiger partial charge on any atom is -0.469 e. The first-order valence-electron chi connectivity index (χ1n) is 5.64. The van der Waals surface area contributed by atoms with Gasteiger partial charge in [-0.25, -0.2) is 4.79 Å². The Bertz CT molecular complexity index is 377. The van der Waals surface area contributed by atoms with E-state index in [-0.39, 0.29) is 12.0 Å². The lowest BCUT2D eigenvalue weighted by Gasteiger charge is -2.23. The summed E-state index contributed by atoms with van der Waals surface area (Å²) >= 11 is 0. The summed E-state index contributed by atoms with van der Waals surface area (Å²) in [7, 11) is 2.53. The fourth-order valence-corrected chi connectivity index (χ4v) is 1.92. The molecular weight excluding hydrogens is 238 g/mol. The van der Waals surface area contributed by atoms with E-state index >= 15 is 0 Å². The zero-order valence-corrected chi connectivity index (χ0v) is 10.6. The maximum atomic E-state index is 12.0. The van der Waals surface area contributed by atoms with Gasteiger partial charge in [0.15, 0.2) is 0 Å². The zero-order valence-electron chi connectivity index (χ0n) is 10.6. The molecule has 0 unspecified atom stereocenters. The maximum absolute atomic E-state index is 12.0. The normalized spacial score (nSPS) is 18.3. The van der Waals surface area contributed by atoms with Crippen molar-refractivity contribution in [1.82, 2.24) is 4.90 Å². The SMILES string of the molecule is C=C(CC(=O)OC)C(=O)N1CCC[C@H]1C(=O)OC. The van der Waals surface area contributed by atoms with E-state index in [1.165, 1.54) is 19.1 Å². The van der Waals surface area contributed by atoms with Gasteiger partial charge in [-0.05, 0) is 12.8 Å². The number of amides is 1. The Morgan fingerprint density at radius 1 is 1.28 bits per heavy atom. The van der Waals surface area contributed by atoms with Gasteiger partial charge in [-0.1, -0.05) is 6.58 Å². The van der Waals surface area contributed by atoms with Crippen molar-refractivity contribution >= 4 is 17.8 Å². The summed E-state index contributed by atoms with van der Waals surface area (Å²) in [6.07, 6.45) is 1.14. The molecule has 6 heteroatoms. The molecule has 1 amide bonds. The first kappa shape index (κ1) is 14.2. The van der Waals surface area contributed by atoms with Gasteiger partial charge >= 0.3 is 11.9 Å². The Labute approximate surface area is 106 Å². The molecule has 1 aliphatic rings. The number of likely N-dealkylation sites (tertiary alicyclic amines) is 1. The van der Waals surface area contributed by atoms with Crippen molar-refractivity contribution in [2.45, 2.75) is 25.3 Å². The molecule has 0 bridgehead atoms. The number of esters is 2. The number of hydrogen-bond acceptors (Lipinski definition) is 5. The lowest BCUT2D eigenvalue weighted by molar-refractivity contribution is -0.150. The number of rotatable bonds is 4. The third-order valence-electron chi connectivity index (χ3n) is 2.87. The fraction of sp³-hybridized carbons (Fsp3) is 0.583. The van der Waals surface area contributed by atoms with Crippen LogP contribution in [0.1, 0.15) is 19.3 Å². The van der Waals surface area contributed by atoms with Gasteiger partial charge in [-0.3, -0.25) is 9.59 Å². The second kappa shape index (κ2) is 6.18. The summed E-state index contributed by atoms with van der Waals surface area (Å²) in [4.78, 5) is 36.0. The lowest BCUT2D eigenvalue weighted by atomic mass is 10.1. The number of carbonyl (C=O) groups is 3. The van der Waals surface area contributed by atoms with Gasteiger partial charge in [0, 0.05) is 12.1 Å². The minimum atomic E-state index is -0.572. The van der Waals surface area contributed by atoms with Crippen LogP contribution in [0.25, 0.3) is 0 Å². The molecule has 0 aromatic rings. The van der Waals surface area contributed by atoms with Crippen LogP contribution in [0.15, 0.2) is 12.2 Å². The molecule has 0 aromatic heterocycles. The highest BCUT2D eigenvalue weighted by atomic mass is 16.5. The molecule has 1 atom stereocenters. The number of methoxy groups -OCH3 is 2. The molecule has 0 saturated carbocycles. The molecule has 1 fully saturated rings. The summed E-state index contributed by atoms with van der Waals surface area (Å²) in [5, 5.41) is 0. The molecule has 6 nitrogen and oxygen atoms in total. The van der Waals surface area contributed by atoms with Crippen LogP contribution >= 0.6 is 0 Å². The monoisotopic (exact) mass is 255 g/mol. The van der Waals surface area contributed by atoms with Gasteiger partial charge in [0.1, 0.15) is 6.04 Å². The van der Waals surface area contributed by atoms with Crippen LogP contribution in [0.5, 0.6) is 0 Å². The van der Waals surface area contributed by atoms with E-state index in [1.54, 1.807) is 0 Å². The third-order valence-corrected chi connectivity index (χ3v) is 2.87. The fourth-order valence-electron chi connectivity index (χ4n) is 1.92. The average molecular weight is 255 g/mol. The Hall–Kier alpha value is -1.85. The highest BCUT2D eigenvalue weighted by molar-refractivity contribution is 5.99.